The van der Waals surface area contributed by atoms with Crippen LogP contribution >= 0.6 is 11.6 Å². The summed E-state index contributed by atoms with van der Waals surface area (Å²) in [5.41, 5.74) is 2.04. The summed E-state index contributed by atoms with van der Waals surface area (Å²) >= 11 is 6.17. The van der Waals surface area contributed by atoms with Crippen molar-refractivity contribution < 1.29 is 23.8 Å². The van der Waals surface area contributed by atoms with E-state index in [0.717, 1.165) is 11.1 Å². The Labute approximate surface area is 190 Å². The fourth-order valence-electron chi connectivity index (χ4n) is 3.87. The fraction of sp³-hybridized carbons (Fsp3) is 0.200. The molecule has 1 saturated heterocycles. The Bertz CT molecular complexity index is 1200. The van der Waals surface area contributed by atoms with E-state index < -0.39 is 17.7 Å². The van der Waals surface area contributed by atoms with E-state index in [2.05, 4.69) is 0 Å². The second kappa shape index (κ2) is 8.93. The maximum absolute atomic E-state index is 13.1. The number of carbonyl (C=O) groups excluding carboxylic acids is 2. The van der Waals surface area contributed by atoms with Gasteiger partial charge in [-0.15, -0.1) is 0 Å². The molecular weight excluding hydrogens is 430 g/mol. The normalized spacial score (nSPS) is 17.7. The summed E-state index contributed by atoms with van der Waals surface area (Å²) in [5, 5.41) is 11.6. The Kier molecular flexibility index (Phi) is 6.06. The number of halogens is 1. The Morgan fingerprint density at radius 3 is 2.66 bits per heavy atom. The Morgan fingerprint density at radius 1 is 1.16 bits per heavy atom. The minimum Gasteiger partial charge on any atom is -0.507 e. The number of aryl methyl sites for hydroxylation is 1. The molecule has 6 nitrogen and oxygen atoms in total. The second-order valence-electron chi connectivity index (χ2n) is 7.50. The third kappa shape index (κ3) is 4.01. The zero-order valence-electron chi connectivity index (χ0n) is 17.7. The predicted molar refractivity (Wildman–Crippen MR) is 120 cm³/mol. The van der Waals surface area contributed by atoms with E-state index in [-0.39, 0.29) is 17.9 Å². The van der Waals surface area contributed by atoms with Crippen molar-refractivity contribution in [2.45, 2.75) is 26.4 Å². The third-order valence-electron chi connectivity index (χ3n) is 5.31. The van der Waals surface area contributed by atoms with Crippen LogP contribution in [0.4, 0.5) is 0 Å². The number of ketones is 1. The first kappa shape index (κ1) is 21.7. The zero-order valence-corrected chi connectivity index (χ0v) is 18.4. The molecule has 1 atom stereocenters. The van der Waals surface area contributed by atoms with Crippen LogP contribution in [0.5, 0.6) is 5.75 Å². The number of likely N-dealkylation sites (tertiary alicyclic amines) is 1. The number of ether oxygens (including phenoxy) is 1. The maximum atomic E-state index is 13.1. The van der Waals surface area contributed by atoms with Crippen molar-refractivity contribution in [3.05, 3.63) is 93.9 Å². The molecule has 0 aliphatic carbocycles. The highest BCUT2D eigenvalue weighted by Crippen LogP contribution is 2.41. The van der Waals surface area contributed by atoms with E-state index in [1.165, 1.54) is 11.2 Å². The first-order valence-corrected chi connectivity index (χ1v) is 10.6. The summed E-state index contributed by atoms with van der Waals surface area (Å²) < 4.78 is 10.9. The molecular formula is C25H22ClNO5. The van der Waals surface area contributed by atoms with E-state index in [4.69, 9.17) is 20.8 Å². The van der Waals surface area contributed by atoms with Crippen LogP contribution in [0.1, 0.15) is 35.4 Å². The zero-order chi connectivity index (χ0) is 22.8. The molecule has 1 aromatic heterocycles. The lowest BCUT2D eigenvalue weighted by atomic mass is 9.94. The van der Waals surface area contributed by atoms with E-state index in [9.17, 15) is 14.7 Å². The van der Waals surface area contributed by atoms with Gasteiger partial charge in [-0.25, -0.2) is 0 Å². The molecule has 32 heavy (non-hydrogen) atoms. The number of benzene rings is 2. The van der Waals surface area contributed by atoms with Crippen molar-refractivity contribution in [1.29, 1.82) is 0 Å². The number of hydrogen-bond acceptors (Lipinski definition) is 5. The number of Topliss-reactive ketones (excluding diaryl/α,β-unsaturated/α-hetero) is 1. The molecule has 0 bridgehead atoms. The Hall–Kier alpha value is -3.51. The van der Waals surface area contributed by atoms with Crippen molar-refractivity contribution in [1.82, 2.24) is 4.90 Å². The van der Waals surface area contributed by atoms with Gasteiger partial charge in [-0.3, -0.25) is 9.59 Å². The van der Waals surface area contributed by atoms with Gasteiger partial charge in [-0.2, -0.15) is 0 Å². The van der Waals surface area contributed by atoms with Crippen LogP contribution in [0.15, 0.2) is 70.9 Å². The third-order valence-corrected chi connectivity index (χ3v) is 5.62. The number of hydrogen-bond donors (Lipinski definition) is 1. The molecule has 0 radical (unpaired) electrons. The molecule has 1 unspecified atom stereocenters. The fourth-order valence-corrected chi connectivity index (χ4v) is 4.04. The summed E-state index contributed by atoms with van der Waals surface area (Å²) in [4.78, 5) is 27.5. The van der Waals surface area contributed by atoms with Gasteiger partial charge in [0, 0.05) is 5.56 Å². The molecule has 1 amide bonds. The van der Waals surface area contributed by atoms with Gasteiger partial charge in [0.2, 0.25) is 0 Å². The highest BCUT2D eigenvalue weighted by molar-refractivity contribution is 6.46. The number of furan rings is 1. The Balaban J connectivity index is 1.87. The van der Waals surface area contributed by atoms with Crippen molar-refractivity contribution in [2.75, 3.05) is 6.61 Å². The number of aliphatic hydroxyl groups is 1. The second-order valence-corrected chi connectivity index (χ2v) is 7.91. The molecule has 1 aliphatic heterocycles. The summed E-state index contributed by atoms with van der Waals surface area (Å²) in [6.07, 6.45) is 1.51. The van der Waals surface area contributed by atoms with Gasteiger partial charge >= 0.3 is 0 Å². The highest BCUT2D eigenvalue weighted by atomic mass is 35.5. The van der Waals surface area contributed by atoms with Crippen molar-refractivity contribution >= 4 is 29.1 Å². The molecule has 1 fully saturated rings. The molecule has 4 rings (SSSR count). The lowest BCUT2D eigenvalue weighted by Crippen LogP contribution is -2.29. The van der Waals surface area contributed by atoms with Gasteiger partial charge in [0.25, 0.3) is 11.7 Å². The minimum atomic E-state index is -0.772. The average Bonchev–Trinajstić information content (AvgIpc) is 3.37. The van der Waals surface area contributed by atoms with Crippen LogP contribution in [0, 0.1) is 6.92 Å². The van der Waals surface area contributed by atoms with Gasteiger partial charge < -0.3 is 19.2 Å². The summed E-state index contributed by atoms with van der Waals surface area (Å²) in [5.74, 6) is -0.818. The van der Waals surface area contributed by atoms with E-state index in [1.54, 1.807) is 30.3 Å². The molecule has 1 N–H and O–H groups in total. The van der Waals surface area contributed by atoms with Gasteiger partial charge in [-0.1, -0.05) is 41.4 Å². The van der Waals surface area contributed by atoms with Crippen molar-refractivity contribution in [2.24, 2.45) is 0 Å². The molecule has 0 saturated carbocycles. The van der Waals surface area contributed by atoms with Gasteiger partial charge in [-0.05, 0) is 49.7 Å². The van der Waals surface area contributed by atoms with Crippen LogP contribution in [-0.4, -0.2) is 28.3 Å². The van der Waals surface area contributed by atoms with E-state index in [1.807, 2.05) is 38.1 Å². The summed E-state index contributed by atoms with van der Waals surface area (Å²) in [6.45, 7) is 4.23. The molecule has 1 aliphatic rings. The lowest BCUT2D eigenvalue weighted by Gasteiger charge is -2.24. The van der Waals surface area contributed by atoms with Crippen LogP contribution in [0.2, 0.25) is 5.02 Å². The first-order valence-electron chi connectivity index (χ1n) is 10.2. The largest absolute Gasteiger partial charge is 0.507 e. The number of nitrogens with zero attached hydrogens (tertiary/aromatic N) is 1. The maximum Gasteiger partial charge on any atom is 0.296 e. The van der Waals surface area contributed by atoms with Crippen LogP contribution < -0.4 is 4.74 Å². The topological polar surface area (TPSA) is 80.0 Å². The molecule has 3 aromatic rings. The van der Waals surface area contributed by atoms with Crippen molar-refractivity contribution in [3.8, 4) is 5.75 Å². The number of amides is 1. The minimum absolute atomic E-state index is 0.0110. The number of aliphatic hydroxyl groups excluding tert-OH is 1. The van der Waals surface area contributed by atoms with Crippen LogP contribution in [0.25, 0.3) is 5.76 Å². The lowest BCUT2D eigenvalue weighted by molar-refractivity contribution is -0.140. The predicted octanol–water partition coefficient (Wildman–Crippen LogP) is 5.26. The van der Waals surface area contributed by atoms with Crippen molar-refractivity contribution in [3.63, 3.8) is 0 Å². The standard InChI is InChI=1S/C25H22ClNO5/c1-3-31-20-13-17(9-10-19(20)26)23(28)21-22(16-7-4-6-15(2)12-16)27(25(30)24(21)29)14-18-8-5-11-32-18/h4-13,22,28H,3,14H2,1-2H3/b23-21-. The van der Waals surface area contributed by atoms with Gasteiger partial charge in [0.05, 0.1) is 36.1 Å². The smallest absolute Gasteiger partial charge is 0.296 e. The number of rotatable bonds is 6. The van der Waals surface area contributed by atoms with E-state index in [0.29, 0.717) is 28.7 Å². The number of carbonyl (C=O) groups is 2. The van der Waals surface area contributed by atoms with Gasteiger partial charge in [0.1, 0.15) is 17.3 Å². The van der Waals surface area contributed by atoms with Crippen LogP contribution in [-0.2, 0) is 16.1 Å². The summed E-state index contributed by atoms with van der Waals surface area (Å²) in [6, 6.07) is 14.9. The quantitative estimate of drug-likeness (QED) is 0.314. The molecule has 164 valence electrons. The van der Waals surface area contributed by atoms with E-state index >= 15 is 0 Å². The average molecular weight is 452 g/mol. The molecule has 2 heterocycles. The molecule has 0 spiro atoms. The van der Waals surface area contributed by atoms with Gasteiger partial charge in [0.15, 0.2) is 0 Å². The SMILES string of the molecule is CCOc1cc(/C(O)=C2/C(=O)C(=O)N(Cc3ccco3)C2c2cccc(C)c2)ccc1Cl. The molecule has 7 heteroatoms. The first-order chi connectivity index (χ1) is 15.4. The summed E-state index contributed by atoms with van der Waals surface area (Å²) in [7, 11) is 0. The van der Waals surface area contributed by atoms with Crippen LogP contribution in [0.3, 0.4) is 0 Å². The molecule has 2 aromatic carbocycles. The highest BCUT2D eigenvalue weighted by Gasteiger charge is 2.46. The Morgan fingerprint density at radius 2 is 1.97 bits per heavy atom. The monoisotopic (exact) mass is 451 g/mol.